The van der Waals surface area contributed by atoms with Crippen LogP contribution in [0.2, 0.25) is 10.0 Å². The Bertz CT molecular complexity index is 623. The molecule has 1 N–H and O–H groups in total. The van der Waals surface area contributed by atoms with Gasteiger partial charge in [-0.15, -0.1) is 0 Å². The van der Waals surface area contributed by atoms with Crippen molar-refractivity contribution < 1.29 is 4.79 Å². The number of halogens is 2. The zero-order valence-corrected chi connectivity index (χ0v) is 13.3. The predicted octanol–water partition coefficient (Wildman–Crippen LogP) is 5.26. The second kappa shape index (κ2) is 7.48. The molecular formula is C17H17Cl2NO. The van der Waals surface area contributed by atoms with Gasteiger partial charge in [-0.05, 0) is 43.5 Å². The quantitative estimate of drug-likeness (QED) is 0.799. The van der Waals surface area contributed by atoms with Crippen LogP contribution in [0, 0.1) is 6.92 Å². The molecule has 4 heteroatoms. The average Bonchev–Trinajstić information content (AvgIpc) is 2.45. The van der Waals surface area contributed by atoms with Crippen molar-refractivity contribution in [2.75, 3.05) is 5.32 Å². The third-order valence-corrected chi connectivity index (χ3v) is 3.76. The van der Waals surface area contributed by atoms with Crippen LogP contribution in [0.4, 0.5) is 5.69 Å². The third-order valence-electron chi connectivity index (χ3n) is 3.19. The maximum absolute atomic E-state index is 11.9. The van der Waals surface area contributed by atoms with Crippen LogP contribution < -0.4 is 5.32 Å². The SMILES string of the molecule is Cc1ccc(CCCC(=O)Nc2cc(Cl)ccc2Cl)cc1. The van der Waals surface area contributed by atoms with Gasteiger partial charge < -0.3 is 5.32 Å². The number of nitrogens with one attached hydrogen (secondary N) is 1. The Hall–Kier alpha value is -1.51. The van der Waals surface area contributed by atoms with Crippen LogP contribution in [0.25, 0.3) is 0 Å². The predicted molar refractivity (Wildman–Crippen MR) is 89.2 cm³/mol. The van der Waals surface area contributed by atoms with E-state index in [4.69, 9.17) is 23.2 Å². The standard InChI is InChI=1S/C17H17Cl2NO/c1-12-5-7-13(8-6-12)3-2-4-17(21)20-16-11-14(18)9-10-15(16)19/h5-11H,2-4H2,1H3,(H,20,21). The Morgan fingerprint density at radius 2 is 1.81 bits per heavy atom. The molecule has 110 valence electrons. The minimum absolute atomic E-state index is 0.0497. The highest BCUT2D eigenvalue weighted by Crippen LogP contribution is 2.25. The Labute approximate surface area is 135 Å². The molecule has 0 heterocycles. The molecule has 2 nitrogen and oxygen atoms in total. The molecule has 0 aliphatic heterocycles. The lowest BCUT2D eigenvalue weighted by Gasteiger charge is -2.08. The van der Waals surface area contributed by atoms with Crippen LogP contribution in [0.5, 0.6) is 0 Å². The summed E-state index contributed by atoms with van der Waals surface area (Å²) >= 11 is 11.9. The molecule has 0 aromatic heterocycles. The van der Waals surface area contributed by atoms with Gasteiger partial charge >= 0.3 is 0 Å². The van der Waals surface area contributed by atoms with Crippen molar-refractivity contribution in [3.63, 3.8) is 0 Å². The zero-order chi connectivity index (χ0) is 15.2. The number of amides is 1. The van der Waals surface area contributed by atoms with Gasteiger partial charge in [-0.3, -0.25) is 4.79 Å². The van der Waals surface area contributed by atoms with Gasteiger partial charge in [0.15, 0.2) is 0 Å². The number of anilines is 1. The van der Waals surface area contributed by atoms with E-state index in [1.54, 1.807) is 18.2 Å². The maximum atomic E-state index is 11.9. The molecule has 0 spiro atoms. The van der Waals surface area contributed by atoms with E-state index >= 15 is 0 Å². The van der Waals surface area contributed by atoms with Crippen molar-refractivity contribution >= 4 is 34.8 Å². The molecular weight excluding hydrogens is 305 g/mol. The van der Waals surface area contributed by atoms with Gasteiger partial charge in [0.05, 0.1) is 10.7 Å². The van der Waals surface area contributed by atoms with E-state index < -0.39 is 0 Å². The number of benzene rings is 2. The van der Waals surface area contributed by atoms with Gasteiger partial charge in [-0.2, -0.15) is 0 Å². The van der Waals surface area contributed by atoms with Crippen LogP contribution in [-0.4, -0.2) is 5.91 Å². The molecule has 21 heavy (non-hydrogen) atoms. The number of carbonyl (C=O) groups is 1. The summed E-state index contributed by atoms with van der Waals surface area (Å²) in [5.41, 5.74) is 3.05. The highest BCUT2D eigenvalue weighted by atomic mass is 35.5. The van der Waals surface area contributed by atoms with Gasteiger partial charge in [-0.1, -0.05) is 53.0 Å². The molecule has 0 atom stereocenters. The van der Waals surface area contributed by atoms with Gasteiger partial charge in [0.2, 0.25) is 5.91 Å². The minimum Gasteiger partial charge on any atom is -0.325 e. The molecule has 0 aliphatic carbocycles. The molecule has 2 aromatic carbocycles. The van der Waals surface area contributed by atoms with E-state index in [1.807, 2.05) is 0 Å². The van der Waals surface area contributed by atoms with E-state index in [-0.39, 0.29) is 5.91 Å². The van der Waals surface area contributed by atoms with Gasteiger partial charge in [0, 0.05) is 11.4 Å². The van der Waals surface area contributed by atoms with E-state index in [2.05, 4.69) is 36.5 Å². The number of hydrogen-bond acceptors (Lipinski definition) is 1. The fourth-order valence-electron chi connectivity index (χ4n) is 2.01. The maximum Gasteiger partial charge on any atom is 0.224 e. The molecule has 0 bridgehead atoms. The summed E-state index contributed by atoms with van der Waals surface area (Å²) in [5.74, 6) is -0.0497. The first-order chi connectivity index (χ1) is 10.0. The van der Waals surface area contributed by atoms with Crippen molar-refractivity contribution in [1.29, 1.82) is 0 Å². The molecule has 2 aromatic rings. The lowest BCUT2D eigenvalue weighted by molar-refractivity contribution is -0.116. The third kappa shape index (κ3) is 5.07. The van der Waals surface area contributed by atoms with Gasteiger partial charge in [-0.25, -0.2) is 0 Å². The summed E-state index contributed by atoms with van der Waals surface area (Å²) in [5, 5.41) is 3.83. The van der Waals surface area contributed by atoms with Gasteiger partial charge in [0.1, 0.15) is 0 Å². The molecule has 0 unspecified atom stereocenters. The van der Waals surface area contributed by atoms with Crippen molar-refractivity contribution in [3.8, 4) is 0 Å². The Kier molecular flexibility index (Phi) is 5.66. The lowest BCUT2D eigenvalue weighted by atomic mass is 10.1. The first-order valence-electron chi connectivity index (χ1n) is 6.85. The highest BCUT2D eigenvalue weighted by Gasteiger charge is 2.06. The molecule has 0 radical (unpaired) electrons. The van der Waals surface area contributed by atoms with E-state index in [9.17, 15) is 4.79 Å². The van der Waals surface area contributed by atoms with Gasteiger partial charge in [0.25, 0.3) is 0 Å². The zero-order valence-electron chi connectivity index (χ0n) is 11.8. The van der Waals surface area contributed by atoms with Crippen LogP contribution in [0.3, 0.4) is 0 Å². The average molecular weight is 322 g/mol. The summed E-state index contributed by atoms with van der Waals surface area (Å²) < 4.78 is 0. The minimum atomic E-state index is -0.0497. The second-order valence-electron chi connectivity index (χ2n) is 5.01. The number of aryl methyl sites for hydroxylation is 2. The molecule has 0 aliphatic rings. The fraction of sp³-hybridized carbons (Fsp3) is 0.235. The van der Waals surface area contributed by atoms with Crippen LogP contribution >= 0.6 is 23.2 Å². The van der Waals surface area contributed by atoms with Crippen molar-refractivity contribution in [1.82, 2.24) is 0 Å². The summed E-state index contributed by atoms with van der Waals surface area (Å²) in [6.07, 6.45) is 2.14. The molecule has 2 rings (SSSR count). The summed E-state index contributed by atoms with van der Waals surface area (Å²) in [4.78, 5) is 11.9. The molecule has 0 saturated carbocycles. The number of rotatable bonds is 5. The smallest absolute Gasteiger partial charge is 0.224 e. The Morgan fingerprint density at radius 1 is 1.10 bits per heavy atom. The largest absolute Gasteiger partial charge is 0.325 e. The topological polar surface area (TPSA) is 29.1 Å². The normalized spacial score (nSPS) is 10.4. The summed E-state index contributed by atoms with van der Waals surface area (Å²) in [6.45, 7) is 2.06. The van der Waals surface area contributed by atoms with Crippen LogP contribution in [0.15, 0.2) is 42.5 Å². The second-order valence-corrected chi connectivity index (χ2v) is 5.86. The van der Waals surface area contributed by atoms with Crippen molar-refractivity contribution in [2.24, 2.45) is 0 Å². The lowest BCUT2D eigenvalue weighted by Crippen LogP contribution is -2.11. The Balaban J connectivity index is 1.82. The van der Waals surface area contributed by atoms with Crippen LogP contribution in [0.1, 0.15) is 24.0 Å². The summed E-state index contributed by atoms with van der Waals surface area (Å²) in [7, 11) is 0. The van der Waals surface area contributed by atoms with E-state index in [0.717, 1.165) is 12.8 Å². The Morgan fingerprint density at radius 3 is 2.52 bits per heavy atom. The first kappa shape index (κ1) is 15.9. The first-order valence-corrected chi connectivity index (χ1v) is 7.60. The number of carbonyl (C=O) groups excluding carboxylic acids is 1. The summed E-state index contributed by atoms with van der Waals surface area (Å²) in [6, 6.07) is 13.4. The van der Waals surface area contributed by atoms with E-state index in [1.165, 1.54) is 11.1 Å². The molecule has 0 saturated heterocycles. The van der Waals surface area contributed by atoms with Crippen LogP contribution in [-0.2, 0) is 11.2 Å². The molecule has 0 fully saturated rings. The van der Waals surface area contributed by atoms with Crippen molar-refractivity contribution in [3.05, 3.63) is 63.6 Å². The fourth-order valence-corrected chi connectivity index (χ4v) is 2.35. The molecule has 1 amide bonds. The van der Waals surface area contributed by atoms with Crippen molar-refractivity contribution in [2.45, 2.75) is 26.2 Å². The highest BCUT2D eigenvalue weighted by molar-refractivity contribution is 6.35. The van der Waals surface area contributed by atoms with E-state index in [0.29, 0.717) is 22.2 Å². The number of hydrogen-bond donors (Lipinski definition) is 1. The monoisotopic (exact) mass is 321 g/mol.